The Balaban J connectivity index is 2.03. The Morgan fingerprint density at radius 3 is 2.89 bits per heavy atom. The van der Waals surface area contributed by atoms with Crippen molar-refractivity contribution < 1.29 is 12.9 Å². The van der Waals surface area contributed by atoms with Gasteiger partial charge < -0.3 is 4.52 Å². The third-order valence-corrected chi connectivity index (χ3v) is 4.12. The lowest BCUT2D eigenvalue weighted by molar-refractivity contribution is 0.255. The van der Waals surface area contributed by atoms with E-state index in [9.17, 15) is 8.42 Å². The van der Waals surface area contributed by atoms with Gasteiger partial charge in [-0.15, -0.1) is 0 Å². The lowest BCUT2D eigenvalue weighted by Crippen LogP contribution is -2.29. The second-order valence-corrected chi connectivity index (χ2v) is 6.98. The monoisotopic (exact) mass is 273 g/mol. The van der Waals surface area contributed by atoms with Gasteiger partial charge in [-0.1, -0.05) is 12.1 Å². The summed E-state index contributed by atoms with van der Waals surface area (Å²) in [5.41, 5.74) is 0. The fourth-order valence-corrected chi connectivity index (χ4v) is 2.78. The average molecular weight is 273 g/mol. The molecule has 0 radical (unpaired) electrons. The van der Waals surface area contributed by atoms with Crippen LogP contribution in [0.3, 0.4) is 0 Å². The number of likely N-dealkylation sites (tertiary alicyclic amines) is 1. The van der Waals surface area contributed by atoms with Crippen LogP contribution in [-0.2, 0) is 16.3 Å². The minimum atomic E-state index is -2.92. The molecule has 0 aromatic carbocycles. The summed E-state index contributed by atoms with van der Waals surface area (Å²) in [6, 6.07) is 0.107. The van der Waals surface area contributed by atoms with Crippen LogP contribution in [0, 0.1) is 0 Å². The Kier molecular flexibility index (Phi) is 4.01. The predicted molar refractivity (Wildman–Crippen MR) is 66.9 cm³/mol. The van der Waals surface area contributed by atoms with Crippen molar-refractivity contribution in [3.8, 4) is 0 Å². The van der Waals surface area contributed by atoms with Gasteiger partial charge in [0.15, 0.2) is 5.82 Å². The highest BCUT2D eigenvalue weighted by Crippen LogP contribution is 2.29. The predicted octanol–water partition coefficient (Wildman–Crippen LogP) is 0.813. The Hall–Kier alpha value is -0.950. The molecule has 0 aliphatic carbocycles. The highest BCUT2D eigenvalue weighted by Gasteiger charge is 2.30. The van der Waals surface area contributed by atoms with Crippen LogP contribution in [0.2, 0.25) is 0 Å². The van der Waals surface area contributed by atoms with Crippen LogP contribution in [0.25, 0.3) is 0 Å². The number of aromatic nitrogens is 2. The molecule has 1 aliphatic rings. The molecule has 7 heteroatoms. The van der Waals surface area contributed by atoms with Crippen LogP contribution in [-0.4, -0.2) is 48.6 Å². The standard InChI is InChI=1S/C11H19N3O3S/c1-3-10-12-11(13-17-10)9-5-4-6-14(9)7-8-18(2,15)16/h9H,3-8H2,1-2H3/t9-/m0/s1. The minimum Gasteiger partial charge on any atom is -0.339 e. The van der Waals surface area contributed by atoms with E-state index in [1.807, 2.05) is 6.92 Å². The van der Waals surface area contributed by atoms with Gasteiger partial charge >= 0.3 is 0 Å². The van der Waals surface area contributed by atoms with E-state index in [-0.39, 0.29) is 11.8 Å². The first-order chi connectivity index (χ1) is 8.49. The summed E-state index contributed by atoms with van der Waals surface area (Å²) in [7, 11) is -2.92. The molecule has 1 aliphatic heterocycles. The van der Waals surface area contributed by atoms with E-state index in [4.69, 9.17) is 4.52 Å². The van der Waals surface area contributed by atoms with Gasteiger partial charge in [0, 0.05) is 19.2 Å². The van der Waals surface area contributed by atoms with Gasteiger partial charge in [0.05, 0.1) is 11.8 Å². The first-order valence-corrected chi connectivity index (χ1v) is 8.30. The summed E-state index contributed by atoms with van der Waals surface area (Å²) in [4.78, 5) is 6.47. The molecule has 0 unspecified atom stereocenters. The number of rotatable bonds is 5. The van der Waals surface area contributed by atoms with Crippen molar-refractivity contribution in [3.63, 3.8) is 0 Å². The Labute approximate surface area is 107 Å². The molecule has 18 heavy (non-hydrogen) atoms. The quantitative estimate of drug-likeness (QED) is 0.790. The maximum atomic E-state index is 11.2. The van der Waals surface area contributed by atoms with E-state index in [0.717, 1.165) is 25.8 Å². The highest BCUT2D eigenvalue weighted by atomic mass is 32.2. The molecule has 1 aromatic rings. The van der Waals surface area contributed by atoms with Crippen LogP contribution in [0.15, 0.2) is 4.52 Å². The van der Waals surface area contributed by atoms with Crippen molar-refractivity contribution >= 4 is 9.84 Å². The Morgan fingerprint density at radius 2 is 2.28 bits per heavy atom. The van der Waals surface area contributed by atoms with Crippen LogP contribution in [0.1, 0.15) is 37.5 Å². The first-order valence-electron chi connectivity index (χ1n) is 6.24. The summed E-state index contributed by atoms with van der Waals surface area (Å²) in [6.45, 7) is 3.41. The summed E-state index contributed by atoms with van der Waals surface area (Å²) in [5, 5.41) is 3.99. The molecule has 0 spiro atoms. The Bertz CT molecular complexity index is 497. The largest absolute Gasteiger partial charge is 0.339 e. The number of nitrogens with zero attached hydrogens (tertiary/aromatic N) is 3. The molecule has 1 aromatic heterocycles. The van der Waals surface area contributed by atoms with Gasteiger partial charge in [-0.05, 0) is 19.4 Å². The van der Waals surface area contributed by atoms with Gasteiger partial charge in [-0.2, -0.15) is 4.98 Å². The van der Waals surface area contributed by atoms with Crippen molar-refractivity contribution in [2.45, 2.75) is 32.2 Å². The van der Waals surface area contributed by atoms with Gasteiger partial charge in [0.2, 0.25) is 5.89 Å². The number of hydrogen-bond donors (Lipinski definition) is 0. The average Bonchev–Trinajstić information content (AvgIpc) is 2.93. The highest BCUT2D eigenvalue weighted by molar-refractivity contribution is 7.90. The van der Waals surface area contributed by atoms with Crippen molar-refractivity contribution in [3.05, 3.63) is 11.7 Å². The molecule has 0 saturated carbocycles. The van der Waals surface area contributed by atoms with Crippen LogP contribution < -0.4 is 0 Å². The third kappa shape index (κ3) is 3.29. The lowest BCUT2D eigenvalue weighted by atomic mass is 10.2. The molecule has 2 rings (SSSR count). The molecule has 1 fully saturated rings. The van der Waals surface area contributed by atoms with E-state index in [1.54, 1.807) is 0 Å². The molecule has 102 valence electrons. The summed E-state index contributed by atoms with van der Waals surface area (Å²) in [6.07, 6.45) is 4.00. The zero-order chi connectivity index (χ0) is 13.2. The maximum absolute atomic E-state index is 11.2. The summed E-state index contributed by atoms with van der Waals surface area (Å²) in [5.74, 6) is 1.51. The van der Waals surface area contributed by atoms with E-state index in [1.165, 1.54) is 6.26 Å². The van der Waals surface area contributed by atoms with Crippen LogP contribution in [0.5, 0.6) is 0 Å². The maximum Gasteiger partial charge on any atom is 0.226 e. The molecule has 2 heterocycles. The van der Waals surface area contributed by atoms with E-state index in [2.05, 4.69) is 15.0 Å². The number of hydrogen-bond acceptors (Lipinski definition) is 6. The second kappa shape index (κ2) is 5.36. The fourth-order valence-electron chi connectivity index (χ4n) is 2.22. The van der Waals surface area contributed by atoms with E-state index < -0.39 is 9.84 Å². The molecular weight excluding hydrogens is 254 g/mol. The molecule has 0 amide bonds. The van der Waals surface area contributed by atoms with Crippen molar-refractivity contribution in [2.75, 3.05) is 25.1 Å². The second-order valence-electron chi connectivity index (χ2n) is 4.72. The minimum absolute atomic E-state index is 0.107. The zero-order valence-electron chi connectivity index (χ0n) is 10.8. The molecule has 0 bridgehead atoms. The van der Waals surface area contributed by atoms with Crippen molar-refractivity contribution in [2.24, 2.45) is 0 Å². The SMILES string of the molecule is CCc1nc([C@@H]2CCCN2CCS(C)(=O)=O)no1. The smallest absolute Gasteiger partial charge is 0.226 e. The van der Waals surface area contributed by atoms with Gasteiger partial charge in [-0.3, -0.25) is 4.90 Å². The molecular formula is C11H19N3O3S. The molecule has 1 atom stereocenters. The summed E-state index contributed by atoms with van der Waals surface area (Å²) >= 11 is 0. The van der Waals surface area contributed by atoms with Crippen molar-refractivity contribution in [1.29, 1.82) is 0 Å². The van der Waals surface area contributed by atoms with Crippen LogP contribution >= 0.6 is 0 Å². The first kappa shape index (κ1) is 13.5. The lowest BCUT2D eigenvalue weighted by Gasteiger charge is -2.20. The molecule has 1 saturated heterocycles. The number of sulfone groups is 1. The van der Waals surface area contributed by atoms with Crippen molar-refractivity contribution in [1.82, 2.24) is 15.0 Å². The Morgan fingerprint density at radius 1 is 1.50 bits per heavy atom. The summed E-state index contributed by atoms with van der Waals surface area (Å²) < 4.78 is 27.5. The van der Waals surface area contributed by atoms with E-state index >= 15 is 0 Å². The number of aryl methyl sites for hydroxylation is 1. The van der Waals surface area contributed by atoms with Gasteiger partial charge in [0.25, 0.3) is 0 Å². The normalized spacial score (nSPS) is 21.6. The zero-order valence-corrected chi connectivity index (χ0v) is 11.6. The fraction of sp³-hybridized carbons (Fsp3) is 0.818. The molecule has 0 N–H and O–H groups in total. The van der Waals surface area contributed by atoms with Crippen LogP contribution in [0.4, 0.5) is 0 Å². The topological polar surface area (TPSA) is 76.3 Å². The van der Waals surface area contributed by atoms with Gasteiger partial charge in [-0.25, -0.2) is 8.42 Å². The van der Waals surface area contributed by atoms with Gasteiger partial charge in [0.1, 0.15) is 9.84 Å². The third-order valence-electron chi connectivity index (χ3n) is 3.20. The molecule has 6 nitrogen and oxygen atoms in total. The van der Waals surface area contributed by atoms with E-state index in [0.29, 0.717) is 18.3 Å².